The zero-order valence-electron chi connectivity index (χ0n) is 15.8. The van der Waals surface area contributed by atoms with Gasteiger partial charge in [-0.15, -0.1) is 0 Å². The van der Waals surface area contributed by atoms with E-state index in [9.17, 15) is 4.79 Å². The summed E-state index contributed by atoms with van der Waals surface area (Å²) >= 11 is 0. The highest BCUT2D eigenvalue weighted by atomic mass is 16.1. The SMILES string of the molecule is O=C(NCc1ccccc1)C1CCCN(c2ccnc(-c3ccccc3)n2)C1. The van der Waals surface area contributed by atoms with Crippen molar-refractivity contribution < 1.29 is 4.79 Å². The Morgan fingerprint density at radius 2 is 1.79 bits per heavy atom. The van der Waals surface area contributed by atoms with E-state index < -0.39 is 0 Å². The van der Waals surface area contributed by atoms with Gasteiger partial charge in [-0.3, -0.25) is 4.79 Å². The Labute approximate surface area is 165 Å². The third-order valence-corrected chi connectivity index (χ3v) is 5.10. The molecule has 2 heterocycles. The number of hydrogen-bond acceptors (Lipinski definition) is 4. The summed E-state index contributed by atoms with van der Waals surface area (Å²) in [6.07, 6.45) is 3.69. The van der Waals surface area contributed by atoms with Gasteiger partial charge >= 0.3 is 0 Å². The quantitative estimate of drug-likeness (QED) is 0.742. The standard InChI is InChI=1S/C23H24N4O/c28-23(25-16-18-8-3-1-4-9-18)20-12-7-15-27(17-20)21-13-14-24-22(26-21)19-10-5-2-6-11-19/h1-6,8-11,13-14,20H,7,12,15-17H2,(H,25,28). The molecule has 3 aromatic rings. The van der Waals surface area contributed by atoms with E-state index in [1.54, 1.807) is 6.20 Å². The van der Waals surface area contributed by atoms with Crippen LogP contribution in [0.4, 0.5) is 5.82 Å². The minimum atomic E-state index is -0.0207. The van der Waals surface area contributed by atoms with Crippen LogP contribution in [-0.2, 0) is 11.3 Å². The van der Waals surface area contributed by atoms with E-state index in [1.807, 2.05) is 66.7 Å². The molecule has 0 spiro atoms. The van der Waals surface area contributed by atoms with E-state index in [2.05, 4.69) is 15.2 Å². The van der Waals surface area contributed by atoms with Crippen LogP contribution < -0.4 is 10.2 Å². The Hall–Kier alpha value is -3.21. The van der Waals surface area contributed by atoms with Crippen molar-refractivity contribution in [2.24, 2.45) is 5.92 Å². The van der Waals surface area contributed by atoms with Gasteiger partial charge in [0.2, 0.25) is 5.91 Å². The molecule has 0 saturated carbocycles. The van der Waals surface area contributed by atoms with E-state index in [-0.39, 0.29) is 11.8 Å². The minimum Gasteiger partial charge on any atom is -0.356 e. The first kappa shape index (κ1) is 18.2. The number of carbonyl (C=O) groups is 1. The van der Waals surface area contributed by atoms with Crippen LogP contribution in [0.5, 0.6) is 0 Å². The lowest BCUT2D eigenvalue weighted by Gasteiger charge is -2.33. The van der Waals surface area contributed by atoms with Crippen molar-refractivity contribution in [3.05, 3.63) is 78.5 Å². The molecule has 1 amide bonds. The van der Waals surface area contributed by atoms with Crippen molar-refractivity contribution in [2.45, 2.75) is 19.4 Å². The first-order valence-electron chi connectivity index (χ1n) is 9.74. The smallest absolute Gasteiger partial charge is 0.225 e. The normalized spacial score (nSPS) is 16.6. The number of piperidine rings is 1. The Balaban J connectivity index is 1.42. The van der Waals surface area contributed by atoms with Crippen LogP contribution >= 0.6 is 0 Å². The van der Waals surface area contributed by atoms with Crippen molar-refractivity contribution in [3.63, 3.8) is 0 Å². The maximum Gasteiger partial charge on any atom is 0.225 e. The molecule has 1 saturated heterocycles. The molecule has 5 nitrogen and oxygen atoms in total. The van der Waals surface area contributed by atoms with Crippen LogP contribution in [-0.4, -0.2) is 29.0 Å². The summed E-state index contributed by atoms with van der Waals surface area (Å²) in [5, 5.41) is 3.08. The summed E-state index contributed by atoms with van der Waals surface area (Å²) in [7, 11) is 0. The summed E-state index contributed by atoms with van der Waals surface area (Å²) in [4.78, 5) is 24.0. The summed E-state index contributed by atoms with van der Waals surface area (Å²) in [5.41, 5.74) is 2.12. The predicted molar refractivity (Wildman–Crippen MR) is 111 cm³/mol. The highest BCUT2D eigenvalue weighted by Gasteiger charge is 2.26. The Bertz CT molecular complexity index is 914. The van der Waals surface area contributed by atoms with E-state index in [0.29, 0.717) is 18.9 Å². The number of nitrogens with zero attached hydrogens (tertiary/aromatic N) is 3. The second kappa shape index (κ2) is 8.65. The number of benzene rings is 2. The maximum absolute atomic E-state index is 12.7. The highest BCUT2D eigenvalue weighted by Crippen LogP contribution is 2.24. The first-order chi connectivity index (χ1) is 13.8. The van der Waals surface area contributed by atoms with Gasteiger partial charge in [-0.2, -0.15) is 0 Å². The largest absolute Gasteiger partial charge is 0.356 e. The Morgan fingerprint density at radius 1 is 1.04 bits per heavy atom. The monoisotopic (exact) mass is 372 g/mol. The number of rotatable bonds is 5. The second-order valence-corrected chi connectivity index (χ2v) is 7.09. The lowest BCUT2D eigenvalue weighted by molar-refractivity contribution is -0.125. The molecular weight excluding hydrogens is 348 g/mol. The molecule has 0 aliphatic carbocycles. The lowest BCUT2D eigenvalue weighted by atomic mass is 9.97. The zero-order chi connectivity index (χ0) is 19.2. The van der Waals surface area contributed by atoms with Crippen molar-refractivity contribution in [3.8, 4) is 11.4 Å². The van der Waals surface area contributed by atoms with Crippen molar-refractivity contribution in [2.75, 3.05) is 18.0 Å². The van der Waals surface area contributed by atoms with Gasteiger partial charge < -0.3 is 10.2 Å². The fourth-order valence-corrected chi connectivity index (χ4v) is 3.58. The fourth-order valence-electron chi connectivity index (χ4n) is 3.58. The minimum absolute atomic E-state index is 0.0207. The van der Waals surface area contributed by atoms with Crippen LogP contribution in [0.25, 0.3) is 11.4 Å². The Morgan fingerprint density at radius 3 is 2.57 bits per heavy atom. The lowest BCUT2D eigenvalue weighted by Crippen LogP contribution is -2.43. The van der Waals surface area contributed by atoms with Crippen LogP contribution in [0.2, 0.25) is 0 Å². The van der Waals surface area contributed by atoms with Crippen molar-refractivity contribution in [1.82, 2.24) is 15.3 Å². The predicted octanol–water partition coefficient (Wildman–Crippen LogP) is 3.68. The van der Waals surface area contributed by atoms with Crippen molar-refractivity contribution >= 4 is 11.7 Å². The zero-order valence-corrected chi connectivity index (χ0v) is 15.8. The molecule has 2 aromatic carbocycles. The molecule has 0 bridgehead atoms. The van der Waals surface area contributed by atoms with E-state index in [0.717, 1.165) is 36.3 Å². The average Bonchev–Trinajstić information content (AvgIpc) is 2.79. The second-order valence-electron chi connectivity index (χ2n) is 7.09. The summed E-state index contributed by atoms with van der Waals surface area (Å²) in [6.45, 7) is 2.17. The molecule has 5 heteroatoms. The van der Waals surface area contributed by atoms with Crippen LogP contribution in [0.1, 0.15) is 18.4 Å². The van der Waals surface area contributed by atoms with Gasteiger partial charge in [0.15, 0.2) is 5.82 Å². The molecule has 4 rings (SSSR count). The summed E-state index contributed by atoms with van der Waals surface area (Å²) in [5.74, 6) is 1.70. The topological polar surface area (TPSA) is 58.1 Å². The van der Waals surface area contributed by atoms with Crippen LogP contribution in [0, 0.1) is 5.92 Å². The third kappa shape index (κ3) is 4.36. The number of anilines is 1. The molecule has 1 atom stereocenters. The first-order valence-corrected chi connectivity index (χ1v) is 9.74. The van der Waals surface area contributed by atoms with Crippen LogP contribution in [0.3, 0.4) is 0 Å². The van der Waals surface area contributed by atoms with Gasteiger partial charge in [-0.25, -0.2) is 9.97 Å². The van der Waals surface area contributed by atoms with Crippen LogP contribution in [0.15, 0.2) is 72.9 Å². The van der Waals surface area contributed by atoms with Gasteiger partial charge in [0, 0.05) is 31.4 Å². The highest BCUT2D eigenvalue weighted by molar-refractivity contribution is 5.79. The molecule has 1 aliphatic heterocycles. The van der Waals surface area contributed by atoms with Gasteiger partial charge in [0.1, 0.15) is 5.82 Å². The number of amides is 1. The van der Waals surface area contributed by atoms with Gasteiger partial charge in [-0.1, -0.05) is 60.7 Å². The fraction of sp³-hybridized carbons (Fsp3) is 0.261. The molecule has 1 aliphatic rings. The maximum atomic E-state index is 12.7. The molecule has 0 radical (unpaired) electrons. The molecule has 1 N–H and O–H groups in total. The molecular formula is C23H24N4O. The number of aromatic nitrogens is 2. The molecule has 1 unspecified atom stereocenters. The molecule has 1 aromatic heterocycles. The van der Waals surface area contributed by atoms with E-state index in [1.165, 1.54) is 0 Å². The molecule has 142 valence electrons. The Kier molecular flexibility index (Phi) is 5.61. The number of nitrogens with one attached hydrogen (secondary N) is 1. The number of hydrogen-bond donors (Lipinski definition) is 1. The number of carbonyl (C=O) groups excluding carboxylic acids is 1. The third-order valence-electron chi connectivity index (χ3n) is 5.10. The molecule has 28 heavy (non-hydrogen) atoms. The molecule has 1 fully saturated rings. The average molecular weight is 372 g/mol. The summed E-state index contributed by atoms with van der Waals surface area (Å²) in [6, 6.07) is 21.9. The van der Waals surface area contributed by atoms with Gasteiger partial charge in [0.05, 0.1) is 5.92 Å². The van der Waals surface area contributed by atoms with E-state index in [4.69, 9.17) is 4.98 Å². The van der Waals surface area contributed by atoms with Gasteiger partial charge in [-0.05, 0) is 24.5 Å². The van der Waals surface area contributed by atoms with Crippen molar-refractivity contribution in [1.29, 1.82) is 0 Å². The van der Waals surface area contributed by atoms with Gasteiger partial charge in [0.25, 0.3) is 0 Å². The van der Waals surface area contributed by atoms with E-state index >= 15 is 0 Å². The summed E-state index contributed by atoms with van der Waals surface area (Å²) < 4.78 is 0.